The fourth-order valence-corrected chi connectivity index (χ4v) is 1.73. The summed E-state index contributed by atoms with van der Waals surface area (Å²) >= 11 is 0. The maximum Gasteiger partial charge on any atom is 0.344 e. The summed E-state index contributed by atoms with van der Waals surface area (Å²) in [5.41, 5.74) is -0.807. The molecule has 5 heteroatoms. The molecule has 0 aliphatic heterocycles. The molecule has 1 unspecified atom stereocenters. The Morgan fingerprint density at radius 3 is 2.53 bits per heavy atom. The highest BCUT2D eigenvalue weighted by Crippen LogP contribution is 2.14. The van der Waals surface area contributed by atoms with Crippen molar-refractivity contribution in [3.63, 3.8) is 0 Å². The van der Waals surface area contributed by atoms with E-state index in [0.29, 0.717) is 13.0 Å². The van der Waals surface area contributed by atoms with E-state index in [1.807, 2.05) is 6.08 Å². The molecule has 0 fully saturated rings. The molecule has 1 aromatic heterocycles. The molecule has 17 heavy (non-hydrogen) atoms. The van der Waals surface area contributed by atoms with Crippen molar-refractivity contribution in [3.05, 3.63) is 33.6 Å². The van der Waals surface area contributed by atoms with Gasteiger partial charge in [0.1, 0.15) is 0 Å². The lowest BCUT2D eigenvalue weighted by Crippen LogP contribution is -2.30. The lowest BCUT2D eigenvalue weighted by Gasteiger charge is -2.13. The fourth-order valence-electron chi connectivity index (χ4n) is 1.73. The molecule has 0 bridgehead atoms. The molecule has 92 valence electrons. The lowest BCUT2D eigenvalue weighted by atomic mass is 9.97. The quantitative estimate of drug-likeness (QED) is 0.543. The molecule has 1 rings (SSSR count). The van der Waals surface area contributed by atoms with Crippen LogP contribution in [0.15, 0.2) is 22.2 Å². The Kier molecular flexibility index (Phi) is 5.08. The van der Waals surface area contributed by atoms with E-state index in [4.69, 9.17) is 6.42 Å². The Labute approximate surface area is 99.5 Å². The van der Waals surface area contributed by atoms with Crippen LogP contribution in [0.5, 0.6) is 0 Å². The van der Waals surface area contributed by atoms with Crippen molar-refractivity contribution in [1.29, 1.82) is 0 Å². The average Bonchev–Trinajstić information content (AvgIpc) is 2.63. The van der Waals surface area contributed by atoms with E-state index in [2.05, 4.69) is 22.7 Å². The van der Waals surface area contributed by atoms with Crippen molar-refractivity contribution >= 4 is 0 Å². The summed E-state index contributed by atoms with van der Waals surface area (Å²) in [4.78, 5) is 22.7. The molecule has 1 aromatic rings. The highest BCUT2D eigenvalue weighted by Gasteiger charge is 2.12. The van der Waals surface area contributed by atoms with Crippen LogP contribution < -0.4 is 11.4 Å². The molecule has 2 N–H and O–H groups in total. The topological polar surface area (TPSA) is 70.7 Å². The zero-order valence-corrected chi connectivity index (χ0v) is 9.74. The first-order valence-electron chi connectivity index (χ1n) is 5.61. The van der Waals surface area contributed by atoms with Gasteiger partial charge in [0, 0.05) is 13.0 Å². The molecule has 5 nitrogen and oxygen atoms in total. The number of H-pyrrole nitrogens is 2. The molecule has 0 aliphatic carbocycles. The molecule has 0 radical (unpaired) electrons. The number of nitrogens with zero attached hydrogens (tertiary/aromatic N) is 1. The Bertz CT molecular complexity index is 473. The highest BCUT2D eigenvalue weighted by molar-refractivity contribution is 4.85. The summed E-state index contributed by atoms with van der Waals surface area (Å²) in [6, 6.07) is 0. The van der Waals surface area contributed by atoms with Crippen LogP contribution in [0.1, 0.15) is 25.7 Å². The predicted octanol–water partition coefficient (Wildman–Crippen LogP) is 0.860. The molecule has 0 spiro atoms. The number of hydrogen-bond acceptors (Lipinski definition) is 2. The number of hydrogen-bond donors (Lipinski definition) is 2. The molecule has 1 heterocycles. The smallest absolute Gasteiger partial charge is 0.247 e. The second-order valence-corrected chi connectivity index (χ2v) is 3.95. The Morgan fingerprint density at radius 2 is 2.00 bits per heavy atom. The predicted molar refractivity (Wildman–Crippen MR) is 66.7 cm³/mol. The van der Waals surface area contributed by atoms with Gasteiger partial charge in [-0.2, -0.15) is 0 Å². The van der Waals surface area contributed by atoms with Gasteiger partial charge in [-0.1, -0.05) is 6.08 Å². The van der Waals surface area contributed by atoms with E-state index < -0.39 is 11.4 Å². The summed E-state index contributed by atoms with van der Waals surface area (Å²) < 4.78 is 1.17. The number of aromatic amines is 2. The van der Waals surface area contributed by atoms with Crippen LogP contribution in [0.3, 0.4) is 0 Å². The van der Waals surface area contributed by atoms with Gasteiger partial charge in [0.15, 0.2) is 0 Å². The normalized spacial score (nSPS) is 11.9. The second kappa shape index (κ2) is 6.59. The minimum Gasteiger partial charge on any atom is -0.247 e. The van der Waals surface area contributed by atoms with E-state index in [1.165, 1.54) is 4.57 Å². The third-order valence-corrected chi connectivity index (χ3v) is 2.68. The van der Waals surface area contributed by atoms with E-state index in [1.54, 1.807) is 0 Å². The van der Waals surface area contributed by atoms with Gasteiger partial charge in [-0.3, -0.25) is 0 Å². The van der Waals surface area contributed by atoms with Crippen molar-refractivity contribution in [3.8, 4) is 12.3 Å². The summed E-state index contributed by atoms with van der Waals surface area (Å²) in [5.74, 6) is 2.80. The summed E-state index contributed by atoms with van der Waals surface area (Å²) in [6.07, 6.45) is 10.2. The van der Waals surface area contributed by atoms with Gasteiger partial charge in [-0.05, 0) is 25.2 Å². The van der Waals surface area contributed by atoms with Crippen LogP contribution in [0.25, 0.3) is 0 Å². The first-order valence-corrected chi connectivity index (χ1v) is 5.61. The zero-order chi connectivity index (χ0) is 12.7. The van der Waals surface area contributed by atoms with Crippen LogP contribution in [-0.2, 0) is 6.54 Å². The largest absolute Gasteiger partial charge is 0.344 e. The minimum atomic E-state index is -0.403. The van der Waals surface area contributed by atoms with Crippen LogP contribution >= 0.6 is 0 Å². The minimum absolute atomic E-state index is 0.221. The Balaban J connectivity index is 2.71. The number of nitrogens with one attached hydrogen (secondary N) is 2. The molecular weight excluding hydrogens is 218 g/mol. The average molecular weight is 235 g/mol. The second-order valence-electron chi connectivity index (χ2n) is 3.95. The van der Waals surface area contributed by atoms with Gasteiger partial charge in [-0.15, -0.1) is 18.9 Å². The van der Waals surface area contributed by atoms with Crippen LogP contribution in [-0.4, -0.2) is 14.8 Å². The Hall–Kier alpha value is -1.96. The molecule has 0 amide bonds. The van der Waals surface area contributed by atoms with Gasteiger partial charge in [0.05, 0.1) is 0 Å². The van der Waals surface area contributed by atoms with Crippen molar-refractivity contribution < 1.29 is 0 Å². The van der Waals surface area contributed by atoms with E-state index in [-0.39, 0.29) is 5.92 Å². The van der Waals surface area contributed by atoms with Crippen LogP contribution in [0.2, 0.25) is 0 Å². The van der Waals surface area contributed by atoms with Crippen molar-refractivity contribution in [1.82, 2.24) is 14.8 Å². The first kappa shape index (κ1) is 13.1. The van der Waals surface area contributed by atoms with E-state index in [9.17, 15) is 9.59 Å². The molecule has 0 aromatic carbocycles. The van der Waals surface area contributed by atoms with Crippen molar-refractivity contribution in [2.75, 3.05) is 0 Å². The highest BCUT2D eigenvalue weighted by atomic mass is 16.2. The Morgan fingerprint density at radius 1 is 1.35 bits per heavy atom. The monoisotopic (exact) mass is 235 g/mol. The number of aromatic nitrogens is 3. The lowest BCUT2D eigenvalue weighted by molar-refractivity contribution is 0.385. The van der Waals surface area contributed by atoms with Crippen molar-refractivity contribution in [2.45, 2.75) is 32.2 Å². The van der Waals surface area contributed by atoms with Gasteiger partial charge in [-0.25, -0.2) is 24.4 Å². The molecule has 0 saturated carbocycles. The molecular formula is C12H17N3O2. The van der Waals surface area contributed by atoms with E-state index >= 15 is 0 Å². The number of rotatable bonds is 7. The molecule has 1 atom stereocenters. The van der Waals surface area contributed by atoms with Gasteiger partial charge < -0.3 is 0 Å². The standard InChI is InChI=1S/C12H17N3O2/c1-3-5-7-10(8-6-4-2)9-15-11(16)13-14-12(15)17/h1,4,10H,2,5-9H2,(H,13,16)(H,14,17). The number of terminal acetylenes is 1. The van der Waals surface area contributed by atoms with Gasteiger partial charge >= 0.3 is 11.4 Å². The number of allylic oxidation sites excluding steroid dienone is 1. The first-order chi connectivity index (χ1) is 8.19. The SMILES string of the molecule is C#CCCC(CCC=C)Cn1c(=O)[nH][nH]c1=O. The summed E-state index contributed by atoms with van der Waals surface area (Å²) in [6.45, 7) is 4.06. The third-order valence-electron chi connectivity index (χ3n) is 2.68. The summed E-state index contributed by atoms with van der Waals surface area (Å²) in [5, 5.41) is 4.53. The van der Waals surface area contributed by atoms with Crippen LogP contribution in [0, 0.1) is 18.3 Å². The fraction of sp³-hybridized carbons (Fsp3) is 0.500. The van der Waals surface area contributed by atoms with Gasteiger partial charge in [0.2, 0.25) is 0 Å². The summed E-state index contributed by atoms with van der Waals surface area (Å²) in [7, 11) is 0. The molecule has 0 saturated heterocycles. The maximum atomic E-state index is 11.3. The molecule has 0 aliphatic rings. The van der Waals surface area contributed by atoms with Crippen LogP contribution in [0.4, 0.5) is 0 Å². The van der Waals surface area contributed by atoms with Gasteiger partial charge in [0.25, 0.3) is 0 Å². The van der Waals surface area contributed by atoms with E-state index in [0.717, 1.165) is 19.3 Å². The zero-order valence-electron chi connectivity index (χ0n) is 9.74. The maximum absolute atomic E-state index is 11.3. The third kappa shape index (κ3) is 3.83. The van der Waals surface area contributed by atoms with Crippen molar-refractivity contribution in [2.24, 2.45) is 5.92 Å².